The molecule has 0 aliphatic rings. The molecule has 2 aromatic rings. The third-order valence-corrected chi connectivity index (χ3v) is 4.29. The van der Waals surface area contributed by atoms with E-state index in [1.54, 1.807) is 30.3 Å². The maximum absolute atomic E-state index is 11.9. The smallest absolute Gasteiger partial charge is 0.409 e. The van der Waals surface area contributed by atoms with Gasteiger partial charge in [-0.05, 0) is 42.7 Å². The van der Waals surface area contributed by atoms with Crippen molar-refractivity contribution in [2.45, 2.75) is 31.1 Å². The van der Waals surface area contributed by atoms with Gasteiger partial charge in [0.15, 0.2) is 5.75 Å². The zero-order valence-corrected chi connectivity index (χ0v) is 14.2. The number of anilines is 1. The molecule has 2 rings (SSSR count). The number of para-hydroxylation sites is 1. The van der Waals surface area contributed by atoms with Gasteiger partial charge in [-0.25, -0.2) is 18.4 Å². The average Bonchev–Trinajstić information content (AvgIpc) is 2.53. The normalized spacial score (nSPS) is 11.1. The van der Waals surface area contributed by atoms with Gasteiger partial charge in [0.1, 0.15) is 4.90 Å². The Bertz CT molecular complexity index is 805. The third kappa shape index (κ3) is 5.07. The van der Waals surface area contributed by atoms with E-state index in [1.807, 2.05) is 13.0 Å². The molecule has 0 heterocycles. The summed E-state index contributed by atoms with van der Waals surface area (Å²) in [6.07, 6.45) is 1.86. The number of aryl methyl sites for hydroxylation is 1. The number of hydrogen-bond acceptors (Lipinski definition) is 4. The fourth-order valence-electron chi connectivity index (χ4n) is 2.16. The molecule has 24 heavy (non-hydrogen) atoms. The van der Waals surface area contributed by atoms with Crippen LogP contribution >= 0.6 is 0 Å². The van der Waals surface area contributed by atoms with Crippen LogP contribution in [-0.2, 0) is 16.4 Å². The number of benzene rings is 2. The second-order valence-corrected chi connectivity index (χ2v) is 6.84. The molecule has 1 amide bonds. The van der Waals surface area contributed by atoms with E-state index >= 15 is 0 Å². The van der Waals surface area contributed by atoms with Crippen molar-refractivity contribution in [2.75, 3.05) is 5.32 Å². The summed E-state index contributed by atoms with van der Waals surface area (Å²) < 4.78 is 28.7. The van der Waals surface area contributed by atoms with E-state index < -0.39 is 16.1 Å². The summed E-state index contributed by atoms with van der Waals surface area (Å²) in [6, 6.07) is 13.3. The number of amides is 1. The Balaban J connectivity index is 2.21. The van der Waals surface area contributed by atoms with Crippen molar-refractivity contribution in [1.82, 2.24) is 0 Å². The van der Waals surface area contributed by atoms with Crippen LogP contribution in [0, 0.1) is 0 Å². The Labute approximate surface area is 141 Å². The van der Waals surface area contributed by atoms with Gasteiger partial charge in [-0.2, -0.15) is 0 Å². The van der Waals surface area contributed by atoms with Crippen molar-refractivity contribution in [3.8, 4) is 5.75 Å². The van der Waals surface area contributed by atoms with Crippen LogP contribution in [0.4, 0.5) is 10.5 Å². The molecule has 0 saturated heterocycles. The summed E-state index contributed by atoms with van der Waals surface area (Å²) in [7, 11) is -4.00. The minimum atomic E-state index is -4.00. The van der Waals surface area contributed by atoms with Crippen molar-refractivity contribution in [1.29, 1.82) is 0 Å². The van der Waals surface area contributed by atoms with E-state index in [0.29, 0.717) is 5.69 Å². The predicted molar refractivity (Wildman–Crippen MR) is 92.5 cm³/mol. The summed E-state index contributed by atoms with van der Waals surface area (Å²) in [5.41, 5.74) is 1.37. The molecule has 7 heteroatoms. The van der Waals surface area contributed by atoms with E-state index in [4.69, 9.17) is 9.88 Å². The fourth-order valence-corrected chi connectivity index (χ4v) is 2.87. The molecule has 0 aliphatic heterocycles. The zero-order valence-electron chi connectivity index (χ0n) is 13.4. The monoisotopic (exact) mass is 348 g/mol. The molecule has 0 fully saturated rings. The molecule has 6 nitrogen and oxygen atoms in total. The molecule has 0 atom stereocenters. The molecule has 0 aromatic heterocycles. The quantitative estimate of drug-likeness (QED) is 0.837. The van der Waals surface area contributed by atoms with Gasteiger partial charge in [0.2, 0.25) is 10.0 Å². The van der Waals surface area contributed by atoms with E-state index in [0.717, 1.165) is 24.8 Å². The minimum Gasteiger partial charge on any atom is -0.409 e. The number of rotatable bonds is 6. The van der Waals surface area contributed by atoms with Gasteiger partial charge >= 0.3 is 6.09 Å². The Morgan fingerprint density at radius 3 is 2.50 bits per heavy atom. The highest BCUT2D eigenvalue weighted by Crippen LogP contribution is 2.25. The number of hydrogen-bond donors (Lipinski definition) is 2. The lowest BCUT2D eigenvalue weighted by molar-refractivity contribution is 0.214. The highest BCUT2D eigenvalue weighted by Gasteiger charge is 2.18. The van der Waals surface area contributed by atoms with Crippen LogP contribution < -0.4 is 15.2 Å². The number of carbonyl (C=O) groups is 1. The van der Waals surface area contributed by atoms with E-state index in [1.165, 1.54) is 12.1 Å². The molecular weight excluding hydrogens is 328 g/mol. The number of nitrogens with two attached hydrogens (primary N) is 1. The second-order valence-electron chi connectivity index (χ2n) is 5.31. The molecule has 0 bridgehead atoms. The maximum Gasteiger partial charge on any atom is 0.417 e. The first-order chi connectivity index (χ1) is 11.4. The van der Waals surface area contributed by atoms with Crippen LogP contribution in [0.15, 0.2) is 53.4 Å². The fraction of sp³-hybridized carbons (Fsp3) is 0.235. The van der Waals surface area contributed by atoms with Gasteiger partial charge in [0.05, 0.1) is 0 Å². The highest BCUT2D eigenvalue weighted by atomic mass is 32.2. The maximum atomic E-state index is 11.9. The van der Waals surface area contributed by atoms with Crippen molar-refractivity contribution in [2.24, 2.45) is 5.14 Å². The molecule has 0 radical (unpaired) electrons. The average molecular weight is 348 g/mol. The topological polar surface area (TPSA) is 98.5 Å². The lowest BCUT2D eigenvalue weighted by Crippen LogP contribution is -2.20. The van der Waals surface area contributed by atoms with Crippen LogP contribution in [0.3, 0.4) is 0 Å². The van der Waals surface area contributed by atoms with Crippen LogP contribution in [0.25, 0.3) is 0 Å². The van der Waals surface area contributed by atoms with Crippen LogP contribution in [-0.4, -0.2) is 14.5 Å². The van der Waals surface area contributed by atoms with Crippen molar-refractivity contribution < 1.29 is 17.9 Å². The Morgan fingerprint density at radius 1 is 1.17 bits per heavy atom. The van der Waals surface area contributed by atoms with Crippen molar-refractivity contribution in [3.63, 3.8) is 0 Å². The largest absolute Gasteiger partial charge is 0.417 e. The minimum absolute atomic E-state index is 0.0915. The Kier molecular flexibility index (Phi) is 5.94. The lowest BCUT2D eigenvalue weighted by atomic mass is 10.1. The summed E-state index contributed by atoms with van der Waals surface area (Å²) in [5, 5.41) is 7.77. The molecule has 3 N–H and O–H groups in total. The van der Waals surface area contributed by atoms with Gasteiger partial charge in [-0.15, -0.1) is 0 Å². The molecule has 128 valence electrons. The van der Waals surface area contributed by atoms with E-state index in [2.05, 4.69) is 5.32 Å². The standard InChI is InChI=1S/C17H20N2O4S/c1-2-3-7-13-10-11-15(16(12-13)24(18,21)22)23-17(20)19-14-8-5-4-6-9-14/h4-6,8-12H,2-3,7H2,1H3,(H,19,20)(H2,18,21,22). The Hall–Kier alpha value is -2.38. The summed E-state index contributed by atoms with van der Waals surface area (Å²) in [6.45, 7) is 2.05. The molecule has 0 spiro atoms. The van der Waals surface area contributed by atoms with E-state index in [-0.39, 0.29) is 10.6 Å². The van der Waals surface area contributed by atoms with Crippen LogP contribution in [0.1, 0.15) is 25.3 Å². The predicted octanol–water partition coefficient (Wildman–Crippen LogP) is 3.29. The van der Waals surface area contributed by atoms with Gasteiger partial charge < -0.3 is 4.74 Å². The van der Waals surface area contributed by atoms with Gasteiger partial charge in [-0.1, -0.05) is 37.6 Å². The number of carbonyl (C=O) groups excluding carboxylic acids is 1. The summed E-state index contributed by atoms with van der Waals surface area (Å²) in [5.74, 6) is -0.0915. The molecule has 2 aromatic carbocycles. The molecule has 0 unspecified atom stereocenters. The second kappa shape index (κ2) is 7.94. The first-order valence-electron chi connectivity index (χ1n) is 7.59. The molecular formula is C17H20N2O4S. The van der Waals surface area contributed by atoms with Crippen LogP contribution in [0.5, 0.6) is 5.75 Å². The molecule has 0 saturated carbocycles. The number of sulfonamides is 1. The highest BCUT2D eigenvalue weighted by molar-refractivity contribution is 7.89. The van der Waals surface area contributed by atoms with Crippen molar-refractivity contribution >= 4 is 21.8 Å². The number of ether oxygens (including phenoxy) is 1. The van der Waals surface area contributed by atoms with Crippen molar-refractivity contribution in [3.05, 3.63) is 54.1 Å². The van der Waals surface area contributed by atoms with Gasteiger partial charge in [0, 0.05) is 5.69 Å². The summed E-state index contributed by atoms with van der Waals surface area (Å²) >= 11 is 0. The number of nitrogens with one attached hydrogen (secondary N) is 1. The molecule has 0 aliphatic carbocycles. The third-order valence-electron chi connectivity index (χ3n) is 3.36. The van der Waals surface area contributed by atoms with Gasteiger partial charge in [0.25, 0.3) is 0 Å². The lowest BCUT2D eigenvalue weighted by Gasteiger charge is -2.11. The Morgan fingerprint density at radius 2 is 1.88 bits per heavy atom. The SMILES string of the molecule is CCCCc1ccc(OC(=O)Nc2ccccc2)c(S(N)(=O)=O)c1. The van der Waals surface area contributed by atoms with Gasteiger partial charge in [-0.3, -0.25) is 5.32 Å². The van der Waals surface area contributed by atoms with Crippen LogP contribution in [0.2, 0.25) is 0 Å². The first-order valence-corrected chi connectivity index (χ1v) is 9.14. The van der Waals surface area contributed by atoms with E-state index in [9.17, 15) is 13.2 Å². The summed E-state index contributed by atoms with van der Waals surface area (Å²) in [4.78, 5) is 11.8. The first kappa shape index (κ1) is 18.0. The number of unbranched alkanes of at least 4 members (excludes halogenated alkanes) is 1. The number of primary sulfonamides is 1. The zero-order chi connectivity index (χ0) is 17.6.